The summed E-state index contributed by atoms with van der Waals surface area (Å²) in [5.41, 5.74) is 9.49. The maximum atomic E-state index is 12.0. The molecule has 144 valence electrons. The lowest BCUT2D eigenvalue weighted by atomic mass is 9.64. The third kappa shape index (κ3) is 4.40. The smallest absolute Gasteiger partial charge is 0.320 e. The second-order valence-electron chi connectivity index (χ2n) is 6.97. The van der Waals surface area contributed by atoms with Crippen molar-refractivity contribution >= 4 is 34.9 Å². The maximum absolute atomic E-state index is 12.0. The molecule has 0 atom stereocenters. The molecule has 3 aromatic rings. The second-order valence-corrected chi connectivity index (χ2v) is 6.97. The van der Waals surface area contributed by atoms with E-state index in [1.54, 1.807) is 19.0 Å². The van der Waals surface area contributed by atoms with Crippen LogP contribution < -0.4 is 21.3 Å². The molecule has 0 saturated carbocycles. The molecule has 0 radical (unpaired) electrons. The van der Waals surface area contributed by atoms with Crippen molar-refractivity contribution in [3.8, 4) is 16.9 Å². The number of carbonyl (C=O) groups is 1. The Balaban J connectivity index is 1.99. The summed E-state index contributed by atoms with van der Waals surface area (Å²) in [6.45, 7) is 4.75. The number of nitrogens with zero attached hydrogens (tertiary/aromatic N) is 2. The number of rotatable bonds is 6. The molecule has 0 fully saturated rings. The number of aromatic nitrogens is 2. The second kappa shape index (κ2) is 8.27. The van der Waals surface area contributed by atoms with E-state index in [4.69, 9.17) is 10.5 Å². The minimum Gasteiger partial charge on any atom is -0.483 e. The van der Waals surface area contributed by atoms with Gasteiger partial charge in [0, 0.05) is 17.0 Å². The van der Waals surface area contributed by atoms with E-state index in [2.05, 4.69) is 15.5 Å². The zero-order chi connectivity index (χ0) is 20.3. The Morgan fingerprint density at radius 2 is 2.07 bits per heavy atom. The van der Waals surface area contributed by atoms with E-state index in [1.165, 1.54) is 6.20 Å². The number of carbonyl (C=O) groups excluding carboxylic acids is 1. The summed E-state index contributed by atoms with van der Waals surface area (Å²) >= 11 is 0. The normalized spacial score (nSPS) is 10.9. The fourth-order valence-corrected chi connectivity index (χ4v) is 2.91. The summed E-state index contributed by atoms with van der Waals surface area (Å²) in [6.07, 6.45) is 1.51. The van der Waals surface area contributed by atoms with E-state index in [-0.39, 0.29) is 18.6 Å². The van der Waals surface area contributed by atoms with Gasteiger partial charge in [-0.15, -0.1) is 0 Å². The van der Waals surface area contributed by atoms with Crippen LogP contribution in [0.4, 0.5) is 5.69 Å². The number of nitrogens with two attached hydrogens (primary N) is 1. The summed E-state index contributed by atoms with van der Waals surface area (Å²) in [6, 6.07) is 11.1. The number of anilines is 1. The molecule has 0 bridgehead atoms. The molecule has 7 nitrogen and oxygen atoms in total. The van der Waals surface area contributed by atoms with Crippen molar-refractivity contribution in [1.82, 2.24) is 15.5 Å². The highest BCUT2D eigenvalue weighted by molar-refractivity contribution is 6.64. The fourth-order valence-electron chi connectivity index (χ4n) is 2.91. The van der Waals surface area contributed by atoms with Gasteiger partial charge < -0.3 is 20.8 Å². The molecule has 4 N–H and O–H groups in total. The minimum atomic E-state index is -0.632. The Labute approximate surface area is 164 Å². The van der Waals surface area contributed by atoms with Crippen LogP contribution in [-0.2, 0) is 4.79 Å². The molecule has 0 aliphatic rings. The van der Waals surface area contributed by atoms with Crippen LogP contribution in [0.15, 0.2) is 42.6 Å². The first-order chi connectivity index (χ1) is 13.3. The van der Waals surface area contributed by atoms with Crippen LogP contribution in [0.1, 0.15) is 13.8 Å². The first-order valence-corrected chi connectivity index (χ1v) is 9.10. The maximum Gasteiger partial charge on any atom is 0.320 e. The van der Waals surface area contributed by atoms with Crippen LogP contribution in [0.3, 0.4) is 0 Å². The molecule has 1 amide bonds. The lowest BCUT2D eigenvalue weighted by molar-refractivity contribution is -0.123. The highest BCUT2D eigenvalue weighted by Gasteiger charge is 2.15. The minimum absolute atomic E-state index is 0.0395. The average Bonchev–Trinajstić information content (AvgIpc) is 2.65. The Hall–Kier alpha value is -3.13. The molecule has 0 aliphatic carbocycles. The average molecular weight is 378 g/mol. The summed E-state index contributed by atoms with van der Waals surface area (Å²) in [5.74, 6) is 0.345. The van der Waals surface area contributed by atoms with Crippen molar-refractivity contribution in [3.05, 3.63) is 42.6 Å². The first kappa shape index (κ1) is 19.6. The summed E-state index contributed by atoms with van der Waals surface area (Å²) in [4.78, 5) is 12.0. The van der Waals surface area contributed by atoms with Crippen molar-refractivity contribution in [1.29, 1.82) is 0 Å². The van der Waals surface area contributed by atoms with E-state index < -0.39 is 6.92 Å². The number of hydrogen-bond acceptors (Lipinski definition) is 6. The quantitative estimate of drug-likeness (QED) is 0.562. The molecule has 0 saturated heterocycles. The van der Waals surface area contributed by atoms with Gasteiger partial charge in [-0.25, -0.2) is 0 Å². The number of benzene rings is 2. The zero-order valence-electron chi connectivity index (χ0n) is 16.1. The summed E-state index contributed by atoms with van der Waals surface area (Å²) < 4.78 is 5.77. The number of nitrogen functional groups attached to an aromatic ring is 1. The summed E-state index contributed by atoms with van der Waals surface area (Å²) in [5, 5.41) is 21.6. The van der Waals surface area contributed by atoms with Gasteiger partial charge in [0.25, 0.3) is 5.91 Å². The first-order valence-electron chi connectivity index (χ1n) is 9.10. The van der Waals surface area contributed by atoms with Gasteiger partial charge in [-0.1, -0.05) is 25.0 Å². The van der Waals surface area contributed by atoms with Crippen LogP contribution in [-0.4, -0.2) is 40.7 Å². The molecule has 0 unspecified atom stereocenters. The molecule has 3 rings (SSSR count). The van der Waals surface area contributed by atoms with E-state index in [0.29, 0.717) is 17.0 Å². The predicted molar refractivity (Wildman–Crippen MR) is 112 cm³/mol. The molecular weight excluding hydrogens is 355 g/mol. The molecule has 1 heterocycles. The fraction of sp³-hybridized carbons (Fsp3) is 0.250. The van der Waals surface area contributed by atoms with Gasteiger partial charge >= 0.3 is 6.92 Å². The van der Waals surface area contributed by atoms with Crippen molar-refractivity contribution in [2.45, 2.75) is 26.7 Å². The van der Waals surface area contributed by atoms with Crippen molar-refractivity contribution in [3.63, 3.8) is 0 Å². The molecule has 1 aromatic heterocycles. The number of ether oxygens (including phenoxy) is 1. The van der Waals surface area contributed by atoms with Gasteiger partial charge in [-0.3, -0.25) is 4.79 Å². The SMILES string of the molecule is CB(O)c1ccc(OCC(=O)NC(C)C)c(-c2ccc3c(N)cnnc3c2)c1. The molecule has 28 heavy (non-hydrogen) atoms. The van der Waals surface area contributed by atoms with Gasteiger partial charge in [0.05, 0.1) is 17.4 Å². The highest BCUT2D eigenvalue weighted by atomic mass is 16.5. The van der Waals surface area contributed by atoms with Gasteiger partial charge in [0.15, 0.2) is 6.61 Å². The number of nitrogens with one attached hydrogen (secondary N) is 1. The summed E-state index contributed by atoms with van der Waals surface area (Å²) in [7, 11) is 0. The van der Waals surface area contributed by atoms with Gasteiger partial charge in [0.2, 0.25) is 0 Å². The largest absolute Gasteiger partial charge is 0.483 e. The van der Waals surface area contributed by atoms with E-state index in [0.717, 1.165) is 22.0 Å². The third-order valence-corrected chi connectivity index (χ3v) is 4.28. The third-order valence-electron chi connectivity index (χ3n) is 4.28. The van der Waals surface area contributed by atoms with Crippen LogP contribution in [0.5, 0.6) is 5.75 Å². The zero-order valence-corrected chi connectivity index (χ0v) is 16.1. The van der Waals surface area contributed by atoms with E-state index in [1.807, 2.05) is 38.1 Å². The van der Waals surface area contributed by atoms with Crippen LogP contribution in [0.2, 0.25) is 6.82 Å². The van der Waals surface area contributed by atoms with Crippen LogP contribution in [0, 0.1) is 0 Å². The number of amides is 1. The molecule has 2 aromatic carbocycles. The molecule has 8 heteroatoms. The standard InChI is InChI=1S/C20H23BN4O3/c1-12(2)24-20(26)11-28-19-7-5-14(21(3)27)9-16(19)13-4-6-15-17(22)10-23-25-18(15)8-13/h4-10,12,27H,11H2,1-3H3,(H2,22,25)(H,24,26). The lowest BCUT2D eigenvalue weighted by Gasteiger charge is -2.15. The monoisotopic (exact) mass is 378 g/mol. The Bertz CT molecular complexity index is 1010. The van der Waals surface area contributed by atoms with Crippen LogP contribution >= 0.6 is 0 Å². The molecular formula is C20H23BN4O3. The predicted octanol–water partition coefficient (Wildman–Crippen LogP) is 1.60. The Kier molecular flexibility index (Phi) is 5.80. The molecule has 0 spiro atoms. The van der Waals surface area contributed by atoms with E-state index >= 15 is 0 Å². The lowest BCUT2D eigenvalue weighted by Crippen LogP contribution is -2.34. The van der Waals surface area contributed by atoms with E-state index in [9.17, 15) is 9.82 Å². The Morgan fingerprint density at radius 1 is 1.29 bits per heavy atom. The van der Waals surface area contributed by atoms with Crippen molar-refractivity contribution < 1.29 is 14.6 Å². The van der Waals surface area contributed by atoms with Gasteiger partial charge in [-0.2, -0.15) is 10.2 Å². The van der Waals surface area contributed by atoms with Gasteiger partial charge in [0.1, 0.15) is 5.75 Å². The highest BCUT2D eigenvalue weighted by Crippen LogP contribution is 2.32. The number of fused-ring (bicyclic) bond motifs is 1. The number of hydrogen-bond donors (Lipinski definition) is 3. The van der Waals surface area contributed by atoms with Gasteiger partial charge in [-0.05, 0) is 43.1 Å². The van der Waals surface area contributed by atoms with Crippen molar-refractivity contribution in [2.75, 3.05) is 12.3 Å². The molecule has 0 aliphatic heterocycles. The van der Waals surface area contributed by atoms with Crippen LogP contribution in [0.25, 0.3) is 22.0 Å². The topological polar surface area (TPSA) is 110 Å². The van der Waals surface area contributed by atoms with Crippen molar-refractivity contribution in [2.24, 2.45) is 0 Å². The Morgan fingerprint density at radius 3 is 2.79 bits per heavy atom.